The Morgan fingerprint density at radius 2 is 1.79 bits per heavy atom. The first-order valence-electron chi connectivity index (χ1n) is 8.15. The summed E-state index contributed by atoms with van der Waals surface area (Å²) in [7, 11) is 0. The van der Waals surface area contributed by atoms with Gasteiger partial charge in [-0.15, -0.1) is 0 Å². The lowest BCUT2D eigenvalue weighted by molar-refractivity contribution is 0.434. The van der Waals surface area contributed by atoms with E-state index < -0.39 is 0 Å². The summed E-state index contributed by atoms with van der Waals surface area (Å²) in [6.45, 7) is 5.59. The van der Waals surface area contributed by atoms with Gasteiger partial charge in [-0.2, -0.15) is 0 Å². The fourth-order valence-corrected chi connectivity index (χ4v) is 2.73. The van der Waals surface area contributed by atoms with Gasteiger partial charge in [-0.1, -0.05) is 57.4 Å². The Bertz CT molecular complexity index is 350. The van der Waals surface area contributed by atoms with Crippen molar-refractivity contribution >= 4 is 0 Å². The minimum Gasteiger partial charge on any atom is -0.310 e. The summed E-state index contributed by atoms with van der Waals surface area (Å²) in [6.07, 6.45) is 9.35. The second-order valence-corrected chi connectivity index (χ2v) is 6.02. The fraction of sp³-hybridized carbons (Fsp3) is 0.667. The second-order valence-electron chi connectivity index (χ2n) is 6.02. The highest BCUT2D eigenvalue weighted by atomic mass is 14.9. The van der Waals surface area contributed by atoms with Crippen LogP contribution in [-0.4, -0.2) is 6.04 Å². The first-order valence-corrected chi connectivity index (χ1v) is 8.15. The Hall–Kier alpha value is -0.820. The van der Waals surface area contributed by atoms with Gasteiger partial charge in [0.2, 0.25) is 0 Å². The summed E-state index contributed by atoms with van der Waals surface area (Å²) in [5.74, 6) is 0.874. The molecule has 19 heavy (non-hydrogen) atoms. The van der Waals surface area contributed by atoms with Crippen LogP contribution in [0.25, 0.3) is 0 Å². The monoisotopic (exact) mass is 259 g/mol. The summed E-state index contributed by atoms with van der Waals surface area (Å²) < 4.78 is 0. The molecule has 0 bridgehead atoms. The zero-order chi connectivity index (χ0) is 13.5. The van der Waals surface area contributed by atoms with E-state index in [0.29, 0.717) is 6.04 Å². The van der Waals surface area contributed by atoms with Crippen molar-refractivity contribution in [2.75, 3.05) is 0 Å². The van der Waals surface area contributed by atoms with Crippen LogP contribution in [0.1, 0.15) is 75.8 Å². The van der Waals surface area contributed by atoms with Gasteiger partial charge in [-0.05, 0) is 42.7 Å². The van der Waals surface area contributed by atoms with Gasteiger partial charge in [0.25, 0.3) is 0 Å². The Labute approximate surface area is 118 Å². The van der Waals surface area contributed by atoms with Crippen LogP contribution in [0.4, 0.5) is 0 Å². The average molecular weight is 259 g/mol. The van der Waals surface area contributed by atoms with Crippen LogP contribution in [0.3, 0.4) is 0 Å². The highest BCUT2D eigenvalue weighted by molar-refractivity contribution is 5.27. The zero-order valence-electron chi connectivity index (χ0n) is 12.6. The first-order chi connectivity index (χ1) is 9.33. The lowest BCUT2D eigenvalue weighted by Gasteiger charge is -2.18. The molecule has 0 heterocycles. The van der Waals surface area contributed by atoms with Crippen molar-refractivity contribution in [3.63, 3.8) is 0 Å². The van der Waals surface area contributed by atoms with Crippen molar-refractivity contribution in [1.29, 1.82) is 0 Å². The second kappa shape index (κ2) is 7.69. The maximum atomic E-state index is 3.74. The van der Waals surface area contributed by atoms with E-state index >= 15 is 0 Å². The average Bonchev–Trinajstić information content (AvgIpc) is 3.27. The van der Waals surface area contributed by atoms with E-state index in [1.807, 2.05) is 0 Å². The first kappa shape index (κ1) is 14.6. The van der Waals surface area contributed by atoms with Crippen molar-refractivity contribution in [3.05, 3.63) is 35.4 Å². The molecule has 0 aromatic heterocycles. The molecule has 1 aliphatic rings. The van der Waals surface area contributed by atoms with Crippen LogP contribution in [0.2, 0.25) is 0 Å². The van der Waals surface area contributed by atoms with Gasteiger partial charge >= 0.3 is 0 Å². The predicted molar refractivity (Wildman–Crippen MR) is 83.5 cm³/mol. The standard InChI is InChI=1S/C18H29N/c1-3-5-7-18(6-4-2)19-14-15-8-10-16(11-9-15)17-12-13-17/h8-11,17-19H,3-7,12-14H2,1-2H3. The maximum Gasteiger partial charge on any atom is 0.0208 e. The molecule has 0 saturated heterocycles. The third-order valence-electron chi connectivity index (χ3n) is 4.17. The van der Waals surface area contributed by atoms with E-state index in [0.717, 1.165) is 12.5 Å². The van der Waals surface area contributed by atoms with E-state index in [1.165, 1.54) is 50.5 Å². The third-order valence-corrected chi connectivity index (χ3v) is 4.17. The van der Waals surface area contributed by atoms with Crippen molar-refractivity contribution < 1.29 is 0 Å². The molecule has 1 fully saturated rings. The summed E-state index contributed by atoms with van der Waals surface area (Å²) in [5.41, 5.74) is 2.97. The molecule has 0 amide bonds. The fourth-order valence-electron chi connectivity index (χ4n) is 2.73. The number of benzene rings is 1. The molecule has 2 rings (SSSR count). The molecule has 1 N–H and O–H groups in total. The largest absolute Gasteiger partial charge is 0.310 e. The Morgan fingerprint density at radius 3 is 2.37 bits per heavy atom. The third kappa shape index (κ3) is 4.99. The van der Waals surface area contributed by atoms with E-state index in [9.17, 15) is 0 Å². The van der Waals surface area contributed by atoms with Gasteiger partial charge in [0.05, 0.1) is 0 Å². The zero-order valence-corrected chi connectivity index (χ0v) is 12.6. The Kier molecular flexibility index (Phi) is 5.91. The molecule has 1 aromatic rings. The number of nitrogens with one attached hydrogen (secondary N) is 1. The van der Waals surface area contributed by atoms with Gasteiger partial charge in [-0.25, -0.2) is 0 Å². The van der Waals surface area contributed by atoms with E-state index in [-0.39, 0.29) is 0 Å². The van der Waals surface area contributed by atoms with Crippen molar-refractivity contribution in [3.8, 4) is 0 Å². The van der Waals surface area contributed by atoms with Crippen LogP contribution in [0.5, 0.6) is 0 Å². The molecule has 1 atom stereocenters. The SMILES string of the molecule is CCCCC(CCC)NCc1ccc(C2CC2)cc1. The molecule has 1 unspecified atom stereocenters. The van der Waals surface area contributed by atoms with Crippen molar-refractivity contribution in [1.82, 2.24) is 5.32 Å². The van der Waals surface area contributed by atoms with Crippen molar-refractivity contribution in [2.24, 2.45) is 0 Å². The molecular formula is C18H29N. The van der Waals surface area contributed by atoms with Gasteiger partial charge < -0.3 is 5.32 Å². The van der Waals surface area contributed by atoms with Gasteiger partial charge in [0.15, 0.2) is 0 Å². The smallest absolute Gasteiger partial charge is 0.0208 e. The number of hydrogen-bond donors (Lipinski definition) is 1. The minimum atomic E-state index is 0.702. The Morgan fingerprint density at radius 1 is 1.05 bits per heavy atom. The quantitative estimate of drug-likeness (QED) is 0.657. The predicted octanol–water partition coefficient (Wildman–Crippen LogP) is 5.01. The normalized spacial score (nSPS) is 16.5. The topological polar surface area (TPSA) is 12.0 Å². The maximum absolute atomic E-state index is 3.74. The van der Waals surface area contributed by atoms with Crippen LogP contribution in [0.15, 0.2) is 24.3 Å². The van der Waals surface area contributed by atoms with E-state index in [1.54, 1.807) is 5.56 Å². The highest BCUT2D eigenvalue weighted by Crippen LogP contribution is 2.39. The van der Waals surface area contributed by atoms with Gasteiger partial charge in [-0.3, -0.25) is 0 Å². The number of unbranched alkanes of at least 4 members (excludes halogenated alkanes) is 1. The molecule has 1 aromatic carbocycles. The van der Waals surface area contributed by atoms with Crippen LogP contribution in [0, 0.1) is 0 Å². The number of hydrogen-bond acceptors (Lipinski definition) is 1. The lowest BCUT2D eigenvalue weighted by Crippen LogP contribution is -2.28. The number of rotatable bonds is 9. The van der Waals surface area contributed by atoms with Crippen LogP contribution >= 0.6 is 0 Å². The summed E-state index contributed by atoms with van der Waals surface area (Å²) in [6, 6.07) is 9.98. The van der Waals surface area contributed by atoms with Crippen molar-refractivity contribution in [2.45, 2.75) is 77.3 Å². The van der Waals surface area contributed by atoms with Crippen LogP contribution in [-0.2, 0) is 6.54 Å². The molecule has 106 valence electrons. The van der Waals surface area contributed by atoms with Gasteiger partial charge in [0, 0.05) is 12.6 Å². The molecule has 1 saturated carbocycles. The molecule has 1 aliphatic carbocycles. The molecule has 0 spiro atoms. The summed E-state index contributed by atoms with van der Waals surface area (Å²) in [4.78, 5) is 0. The highest BCUT2D eigenvalue weighted by Gasteiger charge is 2.22. The lowest BCUT2D eigenvalue weighted by atomic mass is 10.0. The molecule has 1 nitrogen and oxygen atoms in total. The molecule has 1 heteroatoms. The van der Waals surface area contributed by atoms with E-state index in [4.69, 9.17) is 0 Å². The molecule has 0 radical (unpaired) electrons. The van der Waals surface area contributed by atoms with Crippen LogP contribution < -0.4 is 5.32 Å². The molecular weight excluding hydrogens is 230 g/mol. The summed E-state index contributed by atoms with van der Waals surface area (Å²) in [5, 5.41) is 3.74. The van der Waals surface area contributed by atoms with Gasteiger partial charge in [0.1, 0.15) is 0 Å². The molecule has 0 aliphatic heterocycles. The van der Waals surface area contributed by atoms with E-state index in [2.05, 4.69) is 43.4 Å². The Balaban J connectivity index is 1.78. The summed E-state index contributed by atoms with van der Waals surface area (Å²) >= 11 is 0. The minimum absolute atomic E-state index is 0.702.